The summed E-state index contributed by atoms with van der Waals surface area (Å²) in [6.07, 6.45) is 5.98. The number of carbonyl (C=O) groups is 2. The van der Waals surface area contributed by atoms with Crippen LogP contribution in [0.2, 0.25) is 0 Å². The molecular formula is C18H28N6O3S2. The number of nitrogens with zero attached hydrogens (tertiary/aromatic N) is 4. The van der Waals surface area contributed by atoms with Crippen LogP contribution < -0.4 is 10.6 Å². The Morgan fingerprint density at radius 2 is 1.24 bits per heavy atom. The summed E-state index contributed by atoms with van der Waals surface area (Å²) in [6.45, 7) is 5.12. The number of anilines is 2. The van der Waals surface area contributed by atoms with E-state index in [1.807, 2.05) is 13.8 Å². The molecule has 0 aliphatic heterocycles. The van der Waals surface area contributed by atoms with Gasteiger partial charge in [0.25, 0.3) is 0 Å². The fourth-order valence-corrected chi connectivity index (χ4v) is 3.74. The minimum atomic E-state index is -0.0243. The zero-order valence-corrected chi connectivity index (χ0v) is 18.5. The Balaban J connectivity index is 1.60. The normalized spacial score (nSPS) is 10.8. The highest BCUT2D eigenvalue weighted by Gasteiger charge is 2.09. The van der Waals surface area contributed by atoms with Crippen LogP contribution in [0.3, 0.4) is 0 Å². The second-order valence-electron chi connectivity index (χ2n) is 6.42. The van der Waals surface area contributed by atoms with E-state index in [2.05, 4.69) is 31.0 Å². The molecule has 0 aromatic carbocycles. The molecule has 2 rings (SSSR count). The third-order valence-electron chi connectivity index (χ3n) is 3.86. The lowest BCUT2D eigenvalue weighted by atomic mass is 10.2. The van der Waals surface area contributed by atoms with Crippen LogP contribution in [0, 0.1) is 0 Å². The third-order valence-corrected chi connectivity index (χ3v) is 5.66. The average Bonchev–Trinajstić information content (AvgIpc) is 3.34. The summed E-state index contributed by atoms with van der Waals surface area (Å²) in [5.41, 5.74) is 0. The van der Waals surface area contributed by atoms with Crippen LogP contribution >= 0.6 is 22.7 Å². The molecule has 0 saturated carbocycles. The predicted octanol–water partition coefficient (Wildman–Crippen LogP) is 3.45. The van der Waals surface area contributed by atoms with E-state index in [0.29, 0.717) is 49.2 Å². The van der Waals surface area contributed by atoms with Crippen molar-refractivity contribution in [2.45, 2.75) is 65.2 Å². The van der Waals surface area contributed by atoms with Crippen molar-refractivity contribution >= 4 is 44.8 Å². The van der Waals surface area contributed by atoms with Crippen LogP contribution in [0.15, 0.2) is 0 Å². The maximum Gasteiger partial charge on any atom is 0.226 e. The summed E-state index contributed by atoms with van der Waals surface area (Å²) in [5.74, 6) is -0.0486. The number of carbonyl (C=O) groups excluding carboxylic acids is 2. The first-order valence-electron chi connectivity index (χ1n) is 9.92. The largest absolute Gasteiger partial charge is 0.381 e. The molecule has 0 spiro atoms. The fraction of sp³-hybridized carbons (Fsp3) is 0.667. The molecular weight excluding hydrogens is 412 g/mol. The van der Waals surface area contributed by atoms with Gasteiger partial charge in [-0.05, 0) is 12.8 Å². The number of nitrogens with one attached hydrogen (secondary N) is 2. The number of rotatable bonds is 14. The number of unbranched alkanes of at least 4 members (excludes halogenated alkanes) is 2. The number of amides is 2. The second-order valence-corrected chi connectivity index (χ2v) is 8.54. The highest BCUT2D eigenvalue weighted by Crippen LogP contribution is 2.17. The van der Waals surface area contributed by atoms with Crippen LogP contribution in [0.4, 0.5) is 10.3 Å². The van der Waals surface area contributed by atoms with Gasteiger partial charge in [0.1, 0.15) is 10.0 Å². The van der Waals surface area contributed by atoms with E-state index in [0.717, 1.165) is 35.7 Å². The predicted molar refractivity (Wildman–Crippen MR) is 114 cm³/mol. The van der Waals surface area contributed by atoms with Crippen LogP contribution in [-0.4, -0.2) is 45.4 Å². The van der Waals surface area contributed by atoms with Gasteiger partial charge in [-0.1, -0.05) is 49.4 Å². The molecule has 0 radical (unpaired) electrons. The molecule has 2 aromatic rings. The maximum absolute atomic E-state index is 11.7. The van der Waals surface area contributed by atoms with Gasteiger partial charge >= 0.3 is 0 Å². The summed E-state index contributed by atoms with van der Waals surface area (Å²) >= 11 is 2.74. The van der Waals surface area contributed by atoms with Gasteiger partial charge in [-0.25, -0.2) is 0 Å². The van der Waals surface area contributed by atoms with Crippen molar-refractivity contribution in [1.82, 2.24) is 20.4 Å². The Morgan fingerprint density at radius 3 is 1.66 bits per heavy atom. The Bertz CT molecular complexity index is 702. The lowest BCUT2D eigenvalue weighted by molar-refractivity contribution is -0.117. The van der Waals surface area contributed by atoms with Gasteiger partial charge in [0.05, 0.1) is 13.2 Å². The molecule has 0 aliphatic rings. The van der Waals surface area contributed by atoms with Gasteiger partial charge in [-0.15, -0.1) is 20.4 Å². The van der Waals surface area contributed by atoms with Gasteiger partial charge in [-0.3, -0.25) is 9.59 Å². The average molecular weight is 441 g/mol. The zero-order chi connectivity index (χ0) is 20.9. The van der Waals surface area contributed by atoms with E-state index in [-0.39, 0.29) is 11.8 Å². The smallest absolute Gasteiger partial charge is 0.226 e. The molecule has 0 fully saturated rings. The first-order valence-corrected chi connectivity index (χ1v) is 11.6. The minimum Gasteiger partial charge on any atom is -0.381 e. The lowest BCUT2D eigenvalue weighted by Crippen LogP contribution is -2.10. The molecule has 0 aliphatic carbocycles. The molecule has 9 nitrogen and oxygen atoms in total. The maximum atomic E-state index is 11.7. The van der Waals surface area contributed by atoms with Gasteiger partial charge in [0.15, 0.2) is 0 Å². The van der Waals surface area contributed by atoms with Crippen LogP contribution in [0.5, 0.6) is 0 Å². The SMILES string of the molecule is CCCCC(=O)Nc1nnc(CCOCCc2nnc(NC(=O)CCCC)s2)s1. The van der Waals surface area contributed by atoms with E-state index < -0.39 is 0 Å². The van der Waals surface area contributed by atoms with Gasteiger partial charge in [0, 0.05) is 25.7 Å². The summed E-state index contributed by atoms with van der Waals surface area (Å²) < 4.78 is 5.63. The number of hydrogen-bond acceptors (Lipinski definition) is 9. The molecule has 0 bridgehead atoms. The van der Waals surface area contributed by atoms with E-state index in [9.17, 15) is 9.59 Å². The van der Waals surface area contributed by atoms with Gasteiger partial charge in [-0.2, -0.15) is 0 Å². The molecule has 2 heterocycles. The molecule has 0 saturated heterocycles. The van der Waals surface area contributed by atoms with Crippen molar-refractivity contribution in [2.75, 3.05) is 23.8 Å². The molecule has 11 heteroatoms. The monoisotopic (exact) mass is 440 g/mol. The number of aromatic nitrogens is 4. The molecule has 160 valence electrons. The first-order chi connectivity index (χ1) is 14.1. The standard InChI is InChI=1S/C18H28N6O3S2/c1-3-5-7-13(25)19-17-23-21-15(28-17)9-11-27-12-10-16-22-24-18(29-16)20-14(26)8-6-4-2/h3-12H2,1-2H3,(H,19,23,25)(H,20,24,26). The van der Waals surface area contributed by atoms with Crippen molar-refractivity contribution < 1.29 is 14.3 Å². The van der Waals surface area contributed by atoms with E-state index in [1.165, 1.54) is 22.7 Å². The number of ether oxygens (including phenoxy) is 1. The summed E-state index contributed by atoms with van der Waals surface area (Å²) in [4.78, 5) is 23.4. The van der Waals surface area contributed by atoms with Gasteiger partial charge < -0.3 is 15.4 Å². The lowest BCUT2D eigenvalue weighted by Gasteiger charge is -2.00. The van der Waals surface area contributed by atoms with E-state index in [4.69, 9.17) is 4.74 Å². The molecule has 2 amide bonds. The Kier molecular flexibility index (Phi) is 10.7. The highest BCUT2D eigenvalue weighted by molar-refractivity contribution is 7.15. The summed E-state index contributed by atoms with van der Waals surface area (Å²) in [6, 6.07) is 0. The van der Waals surface area contributed by atoms with E-state index >= 15 is 0 Å². The molecule has 0 unspecified atom stereocenters. The Labute approximate surface area is 178 Å². The van der Waals surface area contributed by atoms with E-state index in [1.54, 1.807) is 0 Å². The third kappa shape index (κ3) is 9.37. The first kappa shape index (κ1) is 23.3. The van der Waals surface area contributed by atoms with Crippen LogP contribution in [-0.2, 0) is 27.2 Å². The quantitative estimate of drug-likeness (QED) is 0.432. The van der Waals surface area contributed by atoms with Crippen molar-refractivity contribution in [1.29, 1.82) is 0 Å². The van der Waals surface area contributed by atoms with Crippen molar-refractivity contribution in [3.63, 3.8) is 0 Å². The minimum absolute atomic E-state index is 0.0243. The van der Waals surface area contributed by atoms with Crippen molar-refractivity contribution in [3.8, 4) is 0 Å². The van der Waals surface area contributed by atoms with Crippen LogP contribution in [0.25, 0.3) is 0 Å². The van der Waals surface area contributed by atoms with Crippen LogP contribution in [0.1, 0.15) is 62.4 Å². The molecule has 0 atom stereocenters. The highest BCUT2D eigenvalue weighted by atomic mass is 32.1. The molecule has 2 N–H and O–H groups in total. The summed E-state index contributed by atoms with van der Waals surface area (Å²) in [7, 11) is 0. The summed E-state index contributed by atoms with van der Waals surface area (Å²) in [5, 5.41) is 24.4. The van der Waals surface area contributed by atoms with Crippen molar-refractivity contribution in [3.05, 3.63) is 10.0 Å². The topological polar surface area (TPSA) is 119 Å². The fourth-order valence-electron chi connectivity index (χ4n) is 2.27. The molecule has 2 aromatic heterocycles. The van der Waals surface area contributed by atoms with Gasteiger partial charge in [0.2, 0.25) is 22.1 Å². The Morgan fingerprint density at radius 1 is 0.793 bits per heavy atom. The second kappa shape index (κ2) is 13.3. The zero-order valence-electron chi connectivity index (χ0n) is 16.9. The number of hydrogen-bond donors (Lipinski definition) is 2. The van der Waals surface area contributed by atoms with Crippen molar-refractivity contribution in [2.24, 2.45) is 0 Å². The molecule has 29 heavy (non-hydrogen) atoms. The Hall–Kier alpha value is -1.98.